The van der Waals surface area contributed by atoms with E-state index in [2.05, 4.69) is 23.6 Å². The molecule has 1 unspecified atom stereocenters. The Bertz CT molecular complexity index is 710. The maximum atomic E-state index is 9.45. The summed E-state index contributed by atoms with van der Waals surface area (Å²) >= 11 is -0.579. The van der Waals surface area contributed by atoms with Crippen molar-refractivity contribution in [1.82, 2.24) is 3.97 Å². The van der Waals surface area contributed by atoms with Gasteiger partial charge in [-0.05, 0) is 24.3 Å². The molecule has 0 saturated carbocycles. The van der Waals surface area contributed by atoms with Crippen LogP contribution in [0.2, 0.25) is 0 Å². The number of para-hydroxylation sites is 1. The van der Waals surface area contributed by atoms with Crippen LogP contribution in [0.4, 0.5) is 0 Å². The van der Waals surface area contributed by atoms with E-state index in [4.69, 9.17) is 0 Å². The lowest BCUT2D eigenvalue weighted by atomic mass is 10.3. The van der Waals surface area contributed by atoms with Gasteiger partial charge in [0.25, 0.3) is 11.1 Å². The topological polar surface area (TPSA) is 28.7 Å². The van der Waals surface area contributed by atoms with Gasteiger partial charge in [0.2, 0.25) is 0 Å². The van der Waals surface area contributed by atoms with E-state index in [0.717, 1.165) is 10.4 Å². The average molecular weight is 251 g/mol. The molecule has 0 aliphatic heterocycles. The first-order chi connectivity index (χ1) is 8.90. The molecule has 3 rings (SSSR count). The Labute approximate surface area is 109 Å². The molecule has 0 bridgehead atoms. The molecule has 2 aromatic carbocycles. The Morgan fingerprint density at radius 3 is 2.39 bits per heavy atom. The van der Waals surface area contributed by atoms with Gasteiger partial charge in [-0.25, -0.2) is 0 Å². The highest BCUT2D eigenvalue weighted by Crippen LogP contribution is 2.22. The number of hydrogen-bond donors (Lipinski definition) is 0. The predicted octanol–water partition coefficient (Wildman–Crippen LogP) is 3.56. The van der Waals surface area contributed by atoms with Crippen LogP contribution >= 0.6 is 0 Å². The summed E-state index contributed by atoms with van der Waals surface area (Å²) in [5.74, 6) is 0. The van der Waals surface area contributed by atoms with Gasteiger partial charge in [-0.3, -0.25) is 0 Å². The highest BCUT2D eigenvalue weighted by molar-refractivity contribution is 8.00. The van der Waals surface area contributed by atoms with Crippen LogP contribution in [0, 0.1) is 10.7 Å². The first-order valence-electron chi connectivity index (χ1n) is 5.66. The quantitative estimate of drug-likeness (QED) is 0.505. The van der Waals surface area contributed by atoms with Crippen molar-refractivity contribution in [1.29, 1.82) is 5.26 Å². The SMILES string of the molecule is N#C[S+](c1ccccc1)n1ccc2ccccc21. The van der Waals surface area contributed by atoms with Crippen LogP contribution < -0.4 is 0 Å². The fraction of sp³-hybridized carbons (Fsp3) is 0. The van der Waals surface area contributed by atoms with Crippen molar-refractivity contribution in [3.05, 3.63) is 66.9 Å². The zero-order valence-electron chi connectivity index (χ0n) is 9.65. The van der Waals surface area contributed by atoms with Crippen LogP contribution in [0.5, 0.6) is 0 Å². The van der Waals surface area contributed by atoms with Crippen molar-refractivity contribution in [3.8, 4) is 5.40 Å². The van der Waals surface area contributed by atoms with Crippen molar-refractivity contribution < 1.29 is 0 Å². The van der Waals surface area contributed by atoms with Crippen LogP contribution in [-0.2, 0) is 11.1 Å². The molecule has 1 heterocycles. The molecule has 86 valence electrons. The van der Waals surface area contributed by atoms with Gasteiger partial charge in [0.1, 0.15) is 0 Å². The molecule has 0 aliphatic rings. The molecule has 1 atom stereocenters. The van der Waals surface area contributed by atoms with Crippen LogP contribution in [0.3, 0.4) is 0 Å². The van der Waals surface area contributed by atoms with Gasteiger partial charge < -0.3 is 0 Å². The summed E-state index contributed by atoms with van der Waals surface area (Å²) in [6.45, 7) is 0. The monoisotopic (exact) mass is 251 g/mol. The Morgan fingerprint density at radius 2 is 1.61 bits per heavy atom. The third-order valence-corrected chi connectivity index (χ3v) is 4.42. The summed E-state index contributed by atoms with van der Waals surface area (Å²) in [4.78, 5) is 1.04. The molecule has 2 nitrogen and oxygen atoms in total. The normalized spacial score (nSPS) is 12.2. The number of fused-ring (bicyclic) bond motifs is 1. The lowest BCUT2D eigenvalue weighted by Gasteiger charge is -2.00. The van der Waals surface area contributed by atoms with Crippen molar-refractivity contribution in [3.63, 3.8) is 0 Å². The highest BCUT2D eigenvalue weighted by Gasteiger charge is 2.26. The van der Waals surface area contributed by atoms with E-state index in [1.54, 1.807) is 0 Å². The third kappa shape index (κ3) is 1.77. The minimum Gasteiger partial charge on any atom is -0.150 e. The lowest BCUT2D eigenvalue weighted by molar-refractivity contribution is 1.29. The van der Waals surface area contributed by atoms with Gasteiger partial charge in [-0.2, -0.15) is 0 Å². The van der Waals surface area contributed by atoms with Crippen LogP contribution in [0.1, 0.15) is 0 Å². The maximum absolute atomic E-state index is 9.45. The van der Waals surface area contributed by atoms with Gasteiger partial charge in [0.15, 0.2) is 4.90 Å². The summed E-state index contributed by atoms with van der Waals surface area (Å²) in [5.41, 5.74) is 1.10. The van der Waals surface area contributed by atoms with Crippen molar-refractivity contribution >= 4 is 22.0 Å². The minimum atomic E-state index is -0.579. The maximum Gasteiger partial charge on any atom is 0.355 e. The number of nitrogens with zero attached hydrogens (tertiary/aromatic N) is 2. The molecule has 0 saturated heterocycles. The molecule has 1 aromatic heterocycles. The zero-order chi connectivity index (χ0) is 12.4. The molecule has 0 radical (unpaired) electrons. The summed E-state index contributed by atoms with van der Waals surface area (Å²) < 4.78 is 2.05. The summed E-state index contributed by atoms with van der Waals surface area (Å²) in [5, 5.41) is 13.0. The van der Waals surface area contributed by atoms with Gasteiger partial charge in [-0.1, -0.05) is 36.4 Å². The number of hydrogen-bond acceptors (Lipinski definition) is 1. The van der Waals surface area contributed by atoms with Crippen molar-refractivity contribution in [2.75, 3.05) is 0 Å². The number of nitriles is 1. The van der Waals surface area contributed by atoms with Gasteiger partial charge in [0, 0.05) is 5.39 Å². The van der Waals surface area contributed by atoms with E-state index in [9.17, 15) is 5.26 Å². The first-order valence-corrected chi connectivity index (χ1v) is 6.84. The predicted molar refractivity (Wildman–Crippen MR) is 75.0 cm³/mol. The Kier molecular flexibility index (Phi) is 2.79. The molecule has 0 amide bonds. The van der Waals surface area contributed by atoms with E-state index >= 15 is 0 Å². The van der Waals surface area contributed by atoms with Gasteiger partial charge >= 0.3 is 5.40 Å². The standard InChI is InChI=1S/C15H11N2S/c16-12-18(14-7-2-1-3-8-14)17-11-10-13-6-4-5-9-15(13)17/h1-11H/q+1. The molecule has 0 N–H and O–H groups in total. The van der Waals surface area contributed by atoms with E-state index in [1.807, 2.05) is 52.6 Å². The van der Waals surface area contributed by atoms with Crippen LogP contribution in [0.25, 0.3) is 10.9 Å². The summed E-state index contributed by atoms with van der Waals surface area (Å²) in [6.07, 6.45) is 1.99. The fourth-order valence-corrected chi connectivity index (χ4v) is 3.36. The second-order valence-corrected chi connectivity index (χ2v) is 5.51. The fourth-order valence-electron chi connectivity index (χ4n) is 1.98. The van der Waals surface area contributed by atoms with E-state index in [1.165, 1.54) is 5.39 Å². The summed E-state index contributed by atoms with van der Waals surface area (Å²) in [7, 11) is 0. The van der Waals surface area contributed by atoms with Crippen molar-refractivity contribution in [2.24, 2.45) is 0 Å². The van der Waals surface area contributed by atoms with Crippen LogP contribution in [0.15, 0.2) is 71.8 Å². The van der Waals surface area contributed by atoms with Crippen LogP contribution in [-0.4, -0.2) is 3.97 Å². The Morgan fingerprint density at radius 1 is 0.889 bits per heavy atom. The number of rotatable bonds is 2. The molecule has 18 heavy (non-hydrogen) atoms. The number of thiocyanates is 1. The Hall–Kier alpha value is -2.18. The second-order valence-electron chi connectivity index (χ2n) is 3.89. The number of benzene rings is 2. The molecular formula is C15H11N2S+. The highest BCUT2D eigenvalue weighted by atomic mass is 32.2. The molecule has 3 aromatic rings. The molecule has 0 spiro atoms. The van der Waals surface area contributed by atoms with E-state index in [0.29, 0.717) is 0 Å². The molecule has 0 fully saturated rings. The van der Waals surface area contributed by atoms with E-state index < -0.39 is 11.1 Å². The van der Waals surface area contributed by atoms with Crippen molar-refractivity contribution in [2.45, 2.75) is 4.90 Å². The zero-order valence-corrected chi connectivity index (χ0v) is 10.5. The van der Waals surface area contributed by atoms with Gasteiger partial charge in [0.05, 0.1) is 11.7 Å². The number of aromatic nitrogens is 1. The lowest BCUT2D eigenvalue weighted by Crippen LogP contribution is -2.09. The second kappa shape index (κ2) is 4.59. The Balaban J connectivity index is 2.16. The molecule has 3 heteroatoms. The smallest absolute Gasteiger partial charge is 0.150 e. The van der Waals surface area contributed by atoms with Gasteiger partial charge in [-0.15, -0.1) is 9.23 Å². The summed E-state index contributed by atoms with van der Waals surface area (Å²) in [6, 6.07) is 20.1. The largest absolute Gasteiger partial charge is 0.355 e. The minimum absolute atomic E-state index is 0.579. The van der Waals surface area contributed by atoms with E-state index in [-0.39, 0.29) is 0 Å². The molecule has 0 aliphatic carbocycles. The third-order valence-electron chi connectivity index (χ3n) is 2.81. The first kappa shape index (κ1) is 10.9. The average Bonchev–Trinajstić information content (AvgIpc) is 2.85. The molecular weight excluding hydrogens is 240 g/mol.